The molecule has 0 N–H and O–H groups in total. The molecule has 1 heterocycles. The summed E-state index contributed by atoms with van der Waals surface area (Å²) < 4.78 is 28.0. The summed E-state index contributed by atoms with van der Waals surface area (Å²) in [4.78, 5) is 0. The van der Waals surface area contributed by atoms with Gasteiger partial charge >= 0.3 is 0 Å². The number of nitrogens with zero attached hydrogens (tertiary/aromatic N) is 2. The van der Waals surface area contributed by atoms with Crippen LogP contribution in [0.15, 0.2) is 0 Å². The monoisotopic (exact) mass is 296 g/mol. The Balaban J connectivity index is 2.72. The quantitative estimate of drug-likeness (QED) is 0.706. The Hall–Kier alpha value is 0.160. The summed E-state index contributed by atoms with van der Waals surface area (Å²) in [6.07, 6.45) is 3.82. The maximum atomic E-state index is 12.5. The van der Waals surface area contributed by atoms with Crippen molar-refractivity contribution in [3.63, 3.8) is 0 Å². The summed E-state index contributed by atoms with van der Waals surface area (Å²) in [5, 5.41) is 0. The third-order valence-electron chi connectivity index (χ3n) is 3.72. The molecule has 1 aliphatic rings. The van der Waals surface area contributed by atoms with E-state index in [0.717, 1.165) is 25.7 Å². The lowest BCUT2D eigenvalue weighted by Gasteiger charge is -2.35. The normalized spacial score (nSPS) is 24.4. The number of alkyl halides is 1. The van der Waals surface area contributed by atoms with Crippen molar-refractivity contribution < 1.29 is 8.42 Å². The number of hydrogen-bond acceptors (Lipinski definition) is 2. The molecule has 1 rings (SSSR count). The minimum absolute atomic E-state index is 0.0522. The first-order chi connectivity index (χ1) is 8.43. The van der Waals surface area contributed by atoms with Crippen LogP contribution >= 0.6 is 11.6 Å². The van der Waals surface area contributed by atoms with E-state index in [1.54, 1.807) is 11.4 Å². The molecule has 0 aromatic carbocycles. The molecule has 0 saturated carbocycles. The fourth-order valence-corrected chi connectivity index (χ4v) is 4.31. The molecular formula is C12H25ClN2O2S. The lowest BCUT2D eigenvalue weighted by Crippen LogP contribution is -2.49. The van der Waals surface area contributed by atoms with E-state index >= 15 is 0 Å². The Morgan fingerprint density at radius 1 is 1.50 bits per heavy atom. The van der Waals surface area contributed by atoms with Crippen LogP contribution in [0, 0.1) is 5.92 Å². The zero-order valence-corrected chi connectivity index (χ0v) is 13.2. The predicted octanol–water partition coefficient (Wildman–Crippen LogP) is 2.30. The number of hydrogen-bond donors (Lipinski definition) is 0. The molecule has 0 radical (unpaired) electrons. The van der Waals surface area contributed by atoms with Gasteiger partial charge in [0.25, 0.3) is 10.2 Å². The first kappa shape index (κ1) is 16.2. The van der Waals surface area contributed by atoms with Crippen LogP contribution in [-0.4, -0.2) is 49.1 Å². The molecule has 1 fully saturated rings. The molecule has 0 aliphatic carbocycles. The number of piperidine rings is 1. The van der Waals surface area contributed by atoms with Crippen LogP contribution in [0.3, 0.4) is 0 Å². The first-order valence-electron chi connectivity index (χ1n) is 6.72. The first-order valence-corrected chi connectivity index (χ1v) is 8.65. The zero-order valence-electron chi connectivity index (χ0n) is 11.6. The number of rotatable bonds is 6. The van der Waals surface area contributed by atoms with Gasteiger partial charge in [-0.15, -0.1) is 11.6 Å². The van der Waals surface area contributed by atoms with Gasteiger partial charge in [0.1, 0.15) is 0 Å². The molecule has 1 aliphatic heterocycles. The van der Waals surface area contributed by atoms with E-state index in [9.17, 15) is 8.42 Å². The second-order valence-corrected chi connectivity index (χ2v) is 7.48. The van der Waals surface area contributed by atoms with Crippen LogP contribution in [0.4, 0.5) is 0 Å². The molecule has 0 spiro atoms. The van der Waals surface area contributed by atoms with Crippen LogP contribution in [0.2, 0.25) is 0 Å². The molecular weight excluding hydrogens is 272 g/mol. The highest BCUT2D eigenvalue weighted by atomic mass is 35.5. The summed E-state index contributed by atoms with van der Waals surface area (Å²) in [7, 11) is -1.64. The second-order valence-electron chi connectivity index (χ2n) is 5.18. The van der Waals surface area contributed by atoms with E-state index in [1.165, 1.54) is 4.31 Å². The van der Waals surface area contributed by atoms with Crippen LogP contribution in [0.25, 0.3) is 0 Å². The van der Waals surface area contributed by atoms with Gasteiger partial charge in [0.05, 0.1) is 0 Å². The van der Waals surface area contributed by atoms with E-state index < -0.39 is 10.2 Å². The van der Waals surface area contributed by atoms with Crippen molar-refractivity contribution in [1.29, 1.82) is 0 Å². The highest BCUT2D eigenvalue weighted by Gasteiger charge is 2.33. The molecule has 4 nitrogen and oxygen atoms in total. The van der Waals surface area contributed by atoms with Gasteiger partial charge in [0.2, 0.25) is 0 Å². The fourth-order valence-electron chi connectivity index (χ4n) is 2.37. The van der Waals surface area contributed by atoms with E-state index in [0.29, 0.717) is 24.9 Å². The Labute approximate surface area is 116 Å². The van der Waals surface area contributed by atoms with Crippen molar-refractivity contribution in [2.75, 3.05) is 26.0 Å². The molecule has 6 heteroatoms. The van der Waals surface area contributed by atoms with Crippen LogP contribution < -0.4 is 0 Å². The van der Waals surface area contributed by atoms with Crippen molar-refractivity contribution in [2.45, 2.75) is 45.6 Å². The lowest BCUT2D eigenvalue weighted by molar-refractivity contribution is 0.253. The van der Waals surface area contributed by atoms with Gasteiger partial charge in [-0.25, -0.2) is 0 Å². The number of halogens is 1. The molecule has 18 heavy (non-hydrogen) atoms. The predicted molar refractivity (Wildman–Crippen MR) is 76.1 cm³/mol. The fraction of sp³-hybridized carbons (Fsp3) is 1.00. The molecule has 2 unspecified atom stereocenters. The minimum Gasteiger partial charge on any atom is -0.195 e. The Bertz CT molecular complexity index is 348. The van der Waals surface area contributed by atoms with Crippen LogP contribution in [-0.2, 0) is 10.2 Å². The van der Waals surface area contributed by atoms with Crippen molar-refractivity contribution >= 4 is 21.8 Å². The van der Waals surface area contributed by atoms with Crippen LogP contribution in [0.1, 0.15) is 39.5 Å². The Morgan fingerprint density at radius 2 is 2.17 bits per heavy atom. The largest absolute Gasteiger partial charge is 0.281 e. The molecule has 2 atom stereocenters. The lowest BCUT2D eigenvalue weighted by atomic mass is 10.0. The summed E-state index contributed by atoms with van der Waals surface area (Å²) >= 11 is 5.85. The summed E-state index contributed by atoms with van der Waals surface area (Å²) in [6.45, 7) is 5.22. The highest BCUT2D eigenvalue weighted by molar-refractivity contribution is 7.86. The Kier molecular flexibility index (Phi) is 6.38. The summed E-state index contributed by atoms with van der Waals surface area (Å²) in [5.41, 5.74) is 0. The summed E-state index contributed by atoms with van der Waals surface area (Å²) in [6, 6.07) is 0.0522. The maximum absolute atomic E-state index is 12.5. The second kappa shape index (κ2) is 7.08. The third kappa shape index (κ3) is 3.83. The van der Waals surface area contributed by atoms with E-state index in [1.807, 2.05) is 6.92 Å². The van der Waals surface area contributed by atoms with Crippen molar-refractivity contribution in [2.24, 2.45) is 5.92 Å². The van der Waals surface area contributed by atoms with Crippen molar-refractivity contribution in [1.82, 2.24) is 8.61 Å². The molecule has 0 bridgehead atoms. The van der Waals surface area contributed by atoms with Gasteiger partial charge in [-0.2, -0.15) is 17.0 Å². The van der Waals surface area contributed by atoms with Gasteiger partial charge in [0, 0.05) is 32.1 Å². The van der Waals surface area contributed by atoms with E-state index in [4.69, 9.17) is 11.6 Å². The molecule has 0 aromatic rings. The standard InChI is InChI=1S/C12H25ClN2O2S/c1-4-6-11(2)14(3)18(16,17)15-8-5-7-12(9-13)10-15/h11-12H,4-10H2,1-3H3. The molecule has 0 amide bonds. The van der Waals surface area contributed by atoms with Gasteiger partial charge in [0.15, 0.2) is 0 Å². The van der Waals surface area contributed by atoms with Crippen LogP contribution in [0.5, 0.6) is 0 Å². The van der Waals surface area contributed by atoms with Gasteiger partial charge in [-0.05, 0) is 32.1 Å². The van der Waals surface area contributed by atoms with Crippen molar-refractivity contribution in [3.8, 4) is 0 Å². The highest BCUT2D eigenvalue weighted by Crippen LogP contribution is 2.23. The van der Waals surface area contributed by atoms with E-state index in [2.05, 4.69) is 6.92 Å². The Morgan fingerprint density at radius 3 is 2.72 bits per heavy atom. The van der Waals surface area contributed by atoms with Gasteiger partial charge in [-0.3, -0.25) is 0 Å². The smallest absolute Gasteiger partial charge is 0.195 e. The third-order valence-corrected chi connectivity index (χ3v) is 6.23. The van der Waals surface area contributed by atoms with Gasteiger partial charge < -0.3 is 0 Å². The SMILES string of the molecule is CCCC(C)N(C)S(=O)(=O)N1CCCC(CCl)C1. The maximum Gasteiger partial charge on any atom is 0.281 e. The summed E-state index contributed by atoms with van der Waals surface area (Å²) in [5.74, 6) is 0.838. The molecule has 108 valence electrons. The molecule has 1 saturated heterocycles. The minimum atomic E-state index is -3.32. The van der Waals surface area contributed by atoms with E-state index in [-0.39, 0.29) is 6.04 Å². The van der Waals surface area contributed by atoms with Gasteiger partial charge in [-0.1, -0.05) is 13.3 Å². The average molecular weight is 297 g/mol. The van der Waals surface area contributed by atoms with Crippen molar-refractivity contribution in [3.05, 3.63) is 0 Å². The molecule has 0 aromatic heterocycles. The average Bonchev–Trinajstić information content (AvgIpc) is 2.38. The zero-order chi connectivity index (χ0) is 13.8. The topological polar surface area (TPSA) is 40.6 Å².